The number of benzene rings is 4. The molecule has 5 rings (SSSR count). The summed E-state index contributed by atoms with van der Waals surface area (Å²) in [6, 6.07) is 29.5. The van der Waals surface area contributed by atoms with Crippen LogP contribution in [-0.2, 0) is 32.6 Å². The number of methoxy groups -OCH3 is 1. The quantitative estimate of drug-likeness (QED) is 0.159. The molecule has 4 aromatic rings. The van der Waals surface area contributed by atoms with E-state index in [1.807, 2.05) is 67.6 Å². The lowest BCUT2D eigenvalue weighted by Gasteiger charge is -2.35. The van der Waals surface area contributed by atoms with E-state index in [9.17, 15) is 18.0 Å². The molecule has 8 nitrogen and oxygen atoms in total. The number of aryl methyl sites for hydroxylation is 1. The number of nitrogens with zero attached hydrogens (tertiary/aromatic N) is 2. The molecule has 0 bridgehead atoms. The zero-order valence-corrected chi connectivity index (χ0v) is 29.8. The second-order valence-electron chi connectivity index (χ2n) is 12.2. The van der Waals surface area contributed by atoms with Crippen molar-refractivity contribution in [3.63, 3.8) is 0 Å². The Balaban J connectivity index is 1.60. The SMILES string of the molecule is COc1ccc(C)cc1N(CC(=O)N(Cc1cccc(Br)c1)[C@H](Cc1ccccc1)C(=O)NC1CCCCC1)S(=O)(=O)c1ccccc1. The van der Waals surface area contributed by atoms with Gasteiger partial charge in [-0.1, -0.05) is 102 Å². The summed E-state index contributed by atoms with van der Waals surface area (Å²) in [6.45, 7) is 1.40. The van der Waals surface area contributed by atoms with Gasteiger partial charge in [0.15, 0.2) is 0 Å². The first-order valence-corrected chi connectivity index (χ1v) is 18.5. The van der Waals surface area contributed by atoms with Gasteiger partial charge in [0.05, 0.1) is 17.7 Å². The first-order valence-electron chi connectivity index (χ1n) is 16.3. The van der Waals surface area contributed by atoms with Crippen LogP contribution in [0.1, 0.15) is 48.8 Å². The van der Waals surface area contributed by atoms with Crippen molar-refractivity contribution in [2.45, 2.75) is 69.0 Å². The maximum absolute atomic E-state index is 14.8. The smallest absolute Gasteiger partial charge is 0.264 e. The highest BCUT2D eigenvalue weighted by Crippen LogP contribution is 2.34. The highest BCUT2D eigenvalue weighted by Gasteiger charge is 2.36. The lowest BCUT2D eigenvalue weighted by atomic mass is 9.94. The third-order valence-corrected chi connectivity index (χ3v) is 10.9. The molecular formula is C38H42BrN3O5S. The summed E-state index contributed by atoms with van der Waals surface area (Å²) in [6.07, 6.45) is 5.26. The minimum atomic E-state index is -4.24. The van der Waals surface area contributed by atoms with Gasteiger partial charge >= 0.3 is 0 Å². The first-order chi connectivity index (χ1) is 23.2. The van der Waals surface area contributed by atoms with E-state index in [1.165, 1.54) is 24.1 Å². The van der Waals surface area contributed by atoms with Gasteiger partial charge < -0.3 is 15.0 Å². The van der Waals surface area contributed by atoms with Gasteiger partial charge in [0.1, 0.15) is 18.3 Å². The Bertz CT molecular complexity index is 1800. The van der Waals surface area contributed by atoms with Crippen LogP contribution in [0.3, 0.4) is 0 Å². The normalized spacial score (nSPS) is 14.1. The molecule has 0 aliphatic heterocycles. The van der Waals surface area contributed by atoms with Crippen LogP contribution in [0, 0.1) is 6.92 Å². The van der Waals surface area contributed by atoms with Crippen molar-refractivity contribution >= 4 is 43.5 Å². The van der Waals surface area contributed by atoms with Crippen LogP contribution < -0.4 is 14.4 Å². The molecule has 1 atom stereocenters. The Morgan fingerprint density at radius 1 is 0.875 bits per heavy atom. The molecule has 48 heavy (non-hydrogen) atoms. The van der Waals surface area contributed by atoms with Crippen molar-refractivity contribution < 1.29 is 22.7 Å². The van der Waals surface area contributed by atoms with Crippen LogP contribution in [0.25, 0.3) is 0 Å². The van der Waals surface area contributed by atoms with Gasteiger partial charge in [0, 0.05) is 23.5 Å². The molecule has 1 aliphatic rings. The standard InChI is InChI=1S/C38H42BrN3O5S/c1-28-21-22-36(47-2)34(23-28)42(48(45,46)33-19-10-5-11-20-33)27-37(43)41(26-30-15-12-16-31(39)24-30)35(25-29-13-6-3-7-14-29)38(44)40-32-17-8-4-9-18-32/h3,5-7,10-16,19-24,32,35H,4,8-9,17-18,25-27H2,1-2H3,(H,40,44)/t35-/m1/s1. The number of rotatable bonds is 13. The minimum absolute atomic E-state index is 0.0267. The minimum Gasteiger partial charge on any atom is -0.495 e. The monoisotopic (exact) mass is 731 g/mol. The highest BCUT2D eigenvalue weighted by atomic mass is 79.9. The van der Waals surface area contributed by atoms with Gasteiger partial charge in [-0.15, -0.1) is 0 Å². The van der Waals surface area contributed by atoms with Crippen molar-refractivity contribution in [1.29, 1.82) is 0 Å². The summed E-state index contributed by atoms with van der Waals surface area (Å²) >= 11 is 3.54. The van der Waals surface area contributed by atoms with Gasteiger partial charge in [-0.2, -0.15) is 0 Å². The van der Waals surface area contributed by atoms with Gasteiger partial charge in [-0.05, 0) is 72.9 Å². The maximum atomic E-state index is 14.8. The molecule has 1 aliphatic carbocycles. The molecule has 0 spiro atoms. The first kappa shape index (κ1) is 35.2. The average molecular weight is 733 g/mol. The number of halogens is 1. The Morgan fingerprint density at radius 2 is 1.54 bits per heavy atom. The van der Waals surface area contributed by atoms with Gasteiger partial charge in [-0.3, -0.25) is 13.9 Å². The number of amides is 2. The number of ether oxygens (including phenoxy) is 1. The summed E-state index contributed by atoms with van der Waals surface area (Å²) in [5.74, 6) is -0.459. The molecule has 0 radical (unpaired) electrons. The van der Waals surface area contributed by atoms with Gasteiger partial charge in [0.25, 0.3) is 10.0 Å². The van der Waals surface area contributed by atoms with Crippen molar-refractivity contribution in [3.8, 4) is 5.75 Å². The number of hydrogen-bond acceptors (Lipinski definition) is 5. The van der Waals surface area contributed by atoms with E-state index in [0.29, 0.717) is 5.75 Å². The van der Waals surface area contributed by atoms with E-state index in [-0.39, 0.29) is 35.5 Å². The predicted octanol–water partition coefficient (Wildman–Crippen LogP) is 7.05. The Kier molecular flexibility index (Phi) is 11.9. The maximum Gasteiger partial charge on any atom is 0.264 e. The van der Waals surface area contributed by atoms with Crippen molar-refractivity contribution in [2.75, 3.05) is 18.0 Å². The second-order valence-corrected chi connectivity index (χ2v) is 15.0. The molecular weight excluding hydrogens is 690 g/mol. The van der Waals surface area contributed by atoms with E-state index in [0.717, 1.165) is 57.6 Å². The number of anilines is 1. The zero-order valence-electron chi connectivity index (χ0n) is 27.3. The van der Waals surface area contributed by atoms with Gasteiger partial charge in [0.2, 0.25) is 11.8 Å². The molecule has 2 amide bonds. The van der Waals surface area contributed by atoms with Crippen LogP contribution in [0.4, 0.5) is 5.69 Å². The summed E-state index contributed by atoms with van der Waals surface area (Å²) in [4.78, 5) is 30.6. The van der Waals surface area contributed by atoms with E-state index >= 15 is 0 Å². The Morgan fingerprint density at radius 3 is 2.21 bits per heavy atom. The predicted molar refractivity (Wildman–Crippen MR) is 192 cm³/mol. The lowest BCUT2D eigenvalue weighted by molar-refractivity contribution is -0.140. The number of sulfonamides is 1. The number of hydrogen-bond donors (Lipinski definition) is 1. The zero-order chi connectivity index (χ0) is 34.1. The summed E-state index contributed by atoms with van der Waals surface area (Å²) in [5.41, 5.74) is 2.73. The summed E-state index contributed by atoms with van der Waals surface area (Å²) < 4.78 is 36.2. The molecule has 1 N–H and O–H groups in total. The fraction of sp³-hybridized carbons (Fsp3) is 0.316. The number of nitrogens with one attached hydrogen (secondary N) is 1. The van der Waals surface area contributed by atoms with Crippen LogP contribution in [0.2, 0.25) is 0 Å². The summed E-state index contributed by atoms with van der Waals surface area (Å²) in [7, 11) is -2.77. The van der Waals surface area contributed by atoms with E-state index in [2.05, 4.69) is 21.2 Å². The molecule has 0 aromatic heterocycles. The molecule has 4 aromatic carbocycles. The van der Waals surface area contributed by atoms with Crippen LogP contribution in [-0.4, -0.2) is 50.9 Å². The van der Waals surface area contributed by atoms with Crippen molar-refractivity contribution in [1.82, 2.24) is 10.2 Å². The summed E-state index contributed by atoms with van der Waals surface area (Å²) in [5, 5.41) is 3.24. The number of carbonyl (C=O) groups is 2. The Hall–Kier alpha value is -4.15. The molecule has 252 valence electrons. The molecule has 10 heteroatoms. The largest absolute Gasteiger partial charge is 0.495 e. The molecule has 1 saturated carbocycles. The molecule has 0 unspecified atom stereocenters. The van der Waals surface area contributed by atoms with E-state index in [1.54, 1.807) is 30.3 Å². The average Bonchev–Trinajstić information content (AvgIpc) is 3.09. The van der Waals surface area contributed by atoms with E-state index in [4.69, 9.17) is 4.74 Å². The molecule has 0 heterocycles. The fourth-order valence-electron chi connectivity index (χ4n) is 6.16. The third-order valence-electron chi connectivity index (χ3n) is 8.68. The van der Waals surface area contributed by atoms with Crippen LogP contribution >= 0.6 is 15.9 Å². The third kappa shape index (κ3) is 8.85. The van der Waals surface area contributed by atoms with E-state index < -0.39 is 28.5 Å². The van der Waals surface area contributed by atoms with Gasteiger partial charge in [-0.25, -0.2) is 8.42 Å². The number of carbonyl (C=O) groups excluding carboxylic acids is 2. The Labute approximate surface area is 292 Å². The van der Waals surface area contributed by atoms with Crippen LogP contribution in [0.15, 0.2) is 112 Å². The lowest BCUT2D eigenvalue weighted by Crippen LogP contribution is -2.55. The molecule has 0 saturated heterocycles. The van der Waals surface area contributed by atoms with Crippen molar-refractivity contribution in [2.24, 2.45) is 0 Å². The van der Waals surface area contributed by atoms with Crippen LogP contribution in [0.5, 0.6) is 5.75 Å². The molecule has 1 fully saturated rings. The topological polar surface area (TPSA) is 96.0 Å². The second kappa shape index (κ2) is 16.3. The highest BCUT2D eigenvalue weighted by molar-refractivity contribution is 9.10. The fourth-order valence-corrected chi connectivity index (χ4v) is 8.04. The van der Waals surface area contributed by atoms with Crippen molar-refractivity contribution in [3.05, 3.63) is 124 Å².